The van der Waals surface area contributed by atoms with Crippen molar-refractivity contribution < 1.29 is 120 Å². The number of hydrogen-bond donors (Lipinski definition) is 0. The van der Waals surface area contributed by atoms with Gasteiger partial charge in [0.05, 0.1) is 121 Å². The molecule has 14 rings (SSSR count). The van der Waals surface area contributed by atoms with Crippen LogP contribution in [-0.4, -0.2) is 218 Å². The second-order valence-electron chi connectivity index (χ2n) is 37.4. The minimum absolute atomic E-state index is 0.0194. The normalized spacial score (nSPS) is 28.0. The molecule has 0 unspecified atom stereocenters. The van der Waals surface area contributed by atoms with Crippen LogP contribution < -0.4 is 0 Å². The second-order valence-corrected chi connectivity index (χ2v) is 37.4. The van der Waals surface area contributed by atoms with Crippen LogP contribution in [0.1, 0.15) is 279 Å². The van der Waals surface area contributed by atoms with Gasteiger partial charge in [0.1, 0.15) is 40.7 Å². The molecule has 0 spiro atoms. The number of morpholine rings is 7. The molecule has 0 aliphatic carbocycles. The Morgan fingerprint density at radius 3 is 0.968 bits per heavy atom. The van der Waals surface area contributed by atoms with Crippen LogP contribution in [0.15, 0.2) is 127 Å². The van der Waals surface area contributed by atoms with E-state index in [9.17, 15) is 22.0 Å². The van der Waals surface area contributed by atoms with Gasteiger partial charge in [-0.2, -0.15) is 0 Å². The van der Waals surface area contributed by atoms with E-state index in [1.54, 1.807) is 91.5 Å². The highest BCUT2D eigenvalue weighted by Crippen LogP contribution is 2.35. The zero-order chi connectivity index (χ0) is 129. The minimum atomic E-state index is -3.69. The Balaban J connectivity index is 0.000000236. The minimum Gasteiger partial charge on any atom is -0.379 e. The molecule has 0 bridgehead atoms. The molecule has 0 atom stereocenters. The molecular formula is C105H154F7N7O7. The summed E-state index contributed by atoms with van der Waals surface area (Å²) in [6.07, 6.45) is 0. The summed E-state index contributed by atoms with van der Waals surface area (Å²) in [7, 11) is 0. The van der Waals surface area contributed by atoms with Gasteiger partial charge in [-0.3, -0.25) is 34.3 Å². The van der Waals surface area contributed by atoms with Crippen molar-refractivity contribution in [2.75, 3.05) is 184 Å². The van der Waals surface area contributed by atoms with Crippen molar-refractivity contribution in [3.8, 4) is 0 Å². The van der Waals surface area contributed by atoms with E-state index >= 15 is 8.78 Å². The summed E-state index contributed by atoms with van der Waals surface area (Å²) in [4.78, 5) is 6.99. The second kappa shape index (κ2) is 49.1. The number of ether oxygens (including phenoxy) is 7. The third-order valence-electron chi connectivity index (χ3n) is 19.7. The van der Waals surface area contributed by atoms with Crippen LogP contribution in [-0.2, 0) is 117 Å². The summed E-state index contributed by atoms with van der Waals surface area (Å²) in [6, 6.07) is 14.0. The highest BCUT2D eigenvalue weighted by molar-refractivity contribution is 5.37. The summed E-state index contributed by atoms with van der Waals surface area (Å²) in [5.74, 6) is -4.99. The molecule has 7 heterocycles. The zero-order valence-corrected chi connectivity index (χ0v) is 76.5. The number of rotatable bonds is 14. The Bertz CT molecular complexity index is 6470. The average Bonchev–Trinajstić information content (AvgIpc) is 0.686. The fourth-order valence-corrected chi connectivity index (χ4v) is 12.8. The highest BCUT2D eigenvalue weighted by atomic mass is 19.2. The van der Waals surface area contributed by atoms with E-state index in [0.29, 0.717) is 114 Å². The topological polar surface area (TPSA) is 87.3 Å². The summed E-state index contributed by atoms with van der Waals surface area (Å²) >= 11 is 0. The van der Waals surface area contributed by atoms with Gasteiger partial charge in [-0.15, -0.1) is 0 Å². The van der Waals surface area contributed by atoms with Crippen LogP contribution in [0.5, 0.6) is 0 Å². The van der Waals surface area contributed by atoms with E-state index in [2.05, 4.69) is 19.1 Å². The highest BCUT2D eigenvalue weighted by Gasteiger charge is 2.30. The summed E-state index contributed by atoms with van der Waals surface area (Å²) in [6.45, 7) is -4.62. The van der Waals surface area contributed by atoms with Gasteiger partial charge < -0.3 is 33.2 Å². The summed E-state index contributed by atoms with van der Waals surface area (Å²) in [5.41, 5.74) is -3.71. The van der Waals surface area contributed by atoms with Gasteiger partial charge in [0, 0.05) is 192 Å². The summed E-state index contributed by atoms with van der Waals surface area (Å²) in [5, 5.41) is 0. The van der Waals surface area contributed by atoms with Crippen molar-refractivity contribution in [3.05, 3.63) is 246 Å². The van der Waals surface area contributed by atoms with E-state index in [1.165, 1.54) is 49.9 Å². The first-order valence-corrected chi connectivity index (χ1v) is 41.9. The van der Waals surface area contributed by atoms with Crippen molar-refractivity contribution in [1.29, 1.82) is 0 Å². The Morgan fingerprint density at radius 1 is 0.278 bits per heavy atom. The predicted molar refractivity (Wildman–Crippen MR) is 498 cm³/mol. The van der Waals surface area contributed by atoms with Gasteiger partial charge in [-0.1, -0.05) is 260 Å². The first-order chi connectivity index (χ1) is 75.1. The monoisotopic (exact) mass is 1800 g/mol. The third-order valence-corrected chi connectivity index (χ3v) is 19.7. The molecule has 7 aromatic rings. The Labute approximate surface area is 811 Å². The van der Waals surface area contributed by atoms with Crippen molar-refractivity contribution in [1.82, 2.24) is 34.3 Å². The molecule has 700 valence electrons. The van der Waals surface area contributed by atoms with Gasteiger partial charge in [0.25, 0.3) is 0 Å². The Hall–Kier alpha value is -6.51. The van der Waals surface area contributed by atoms with Gasteiger partial charge >= 0.3 is 0 Å². The third kappa shape index (κ3) is 34.3. The maximum Gasteiger partial charge on any atom is 0.131 e. The fraction of sp³-hybridized carbons (Fsp3) is 0.600. The maximum atomic E-state index is 15.6. The van der Waals surface area contributed by atoms with Crippen molar-refractivity contribution >= 4 is 0 Å². The molecule has 7 fully saturated rings. The molecule has 21 heteroatoms. The van der Waals surface area contributed by atoms with Gasteiger partial charge in [0.15, 0.2) is 0 Å². The van der Waals surface area contributed by atoms with Gasteiger partial charge in [-0.05, 0) is 100 Å². The van der Waals surface area contributed by atoms with E-state index in [-0.39, 0.29) is 84.9 Å². The molecule has 0 saturated carbocycles. The number of nitrogens with zero attached hydrogens (tertiary/aromatic N) is 7. The predicted octanol–water partition coefficient (Wildman–Crippen LogP) is 20.7. The van der Waals surface area contributed by atoms with Crippen LogP contribution in [0.25, 0.3) is 0 Å². The molecule has 7 aliphatic rings. The summed E-state index contributed by atoms with van der Waals surface area (Å²) < 4.78 is 465. The molecule has 7 aliphatic heterocycles. The number of halogens is 7. The lowest BCUT2D eigenvalue weighted by atomic mass is 9.85. The molecule has 0 radical (unpaired) electrons. The van der Waals surface area contributed by atoms with Crippen molar-refractivity contribution in [3.63, 3.8) is 0 Å². The standard InChI is InChI=1S/7C15H22FNO/c2*1-15(2,3)13-5-4-12(10-14(13)16)11-17-6-8-18-9-7-17;5*1-15(2,3)13-6-4-5-12(14(13)16)11-17-7-9-18-10-8-17/h2*4-5,10H,6-9,11H2,1-3H3;5*4-6H,7-11H2,1-3H3/i4D,5D,10D,11D2;11D2;4D,5D,6D,7D2,8D2,9D2,10D2,11D2;7D2,8D2,9D2,10D2,11D2;7D2,8D2,9D2,10D2;4D,5D,6D;. The van der Waals surface area contributed by atoms with Crippen LogP contribution >= 0.6 is 0 Å². The van der Waals surface area contributed by atoms with Crippen molar-refractivity contribution in [2.45, 2.75) is 229 Å². The quantitative estimate of drug-likeness (QED) is 0.0968. The van der Waals surface area contributed by atoms with E-state index < -0.39 is 219 Å². The lowest BCUT2D eigenvalue weighted by molar-refractivity contribution is 0.0336. The molecule has 0 N–H and O–H groups in total. The first-order valence-electron chi connectivity index (χ1n) is 62.4. The SMILES string of the molecule is CC(C)(C)c1cccc(CN2CCOCC2)c1F.[2H]C([2H])(c1ccc(C(C)(C)C)c(F)c1)N1CCOCC1.[2H]C([2H])(c1cccc(C(C)(C)C)c1F)N1C([2H])([2H])C([2H])([2H])OC([2H])([2H])C1([2H])[2H].[2H]C1([2H])OC([2H])([2H])C([2H])([2H])N(Cc2cccc(C(C)(C)C)c2F)C1([2H])[2H].[2H]c1c([2H])c(C(C)(C)C)c(F)c(C([2H])([2H])N2C([2H])([2H])C([2H])([2H])OC([2H])([2H])C2([2H])[2H])c1[2H].[2H]c1c([2H])c(C([2H])([2H])N2CCOCC2)c([2H])c(F)c1C(C)(C)C.[2H]c1c([2H])c(CN2CCOCC2)c(F)c(C(C)(C)C)c1[2H]. The lowest BCUT2D eigenvalue weighted by Crippen LogP contribution is -2.36. The smallest absolute Gasteiger partial charge is 0.131 e. The maximum absolute atomic E-state index is 15.6. The Kier molecular flexibility index (Phi) is 23.3. The van der Waals surface area contributed by atoms with E-state index in [4.69, 9.17) is 75.1 Å². The Morgan fingerprint density at radius 2 is 0.587 bits per heavy atom. The first kappa shape index (κ1) is 59.8. The molecule has 126 heavy (non-hydrogen) atoms. The molecular weight excluding hydrogens is 1600 g/mol. The van der Waals surface area contributed by atoms with E-state index in [1.807, 2.05) is 85.4 Å². The zero-order valence-electron chi connectivity index (χ0n) is 117. The largest absolute Gasteiger partial charge is 0.379 e. The van der Waals surface area contributed by atoms with Crippen LogP contribution in [0.4, 0.5) is 30.7 Å². The van der Waals surface area contributed by atoms with Crippen LogP contribution in [0.2, 0.25) is 0 Å². The van der Waals surface area contributed by atoms with Crippen LogP contribution in [0, 0.1) is 40.7 Å². The molecule has 0 aromatic heterocycles. The van der Waals surface area contributed by atoms with Gasteiger partial charge in [-0.25, -0.2) is 30.7 Å². The molecule has 7 aromatic carbocycles. The molecule has 0 amide bonds. The van der Waals surface area contributed by atoms with Gasteiger partial charge in [0.2, 0.25) is 0 Å². The average molecular weight is 1800 g/mol. The lowest BCUT2D eigenvalue weighted by Gasteiger charge is -2.28. The molecule has 7 saturated heterocycles. The van der Waals surface area contributed by atoms with Crippen LogP contribution in [0.3, 0.4) is 0 Å². The fourth-order valence-electron chi connectivity index (χ4n) is 12.8. The number of benzene rings is 7. The van der Waals surface area contributed by atoms with E-state index in [0.717, 1.165) is 43.5 Å². The van der Waals surface area contributed by atoms with Crippen molar-refractivity contribution in [2.24, 2.45) is 0 Å². The number of hydrogen-bond acceptors (Lipinski definition) is 14. The molecule has 14 nitrogen and oxygen atoms in total.